The number of aliphatic imine (C=N–C) groups is 1. The third-order valence-electron chi connectivity index (χ3n) is 6.71. The molecule has 3 aliphatic heterocycles. The van der Waals surface area contributed by atoms with Gasteiger partial charge in [0.05, 0.1) is 6.04 Å². The molecular weight excluding hydrogens is 350 g/mol. The average Bonchev–Trinajstić information content (AvgIpc) is 3.48. The predicted molar refractivity (Wildman–Crippen MR) is 114 cm³/mol. The highest BCUT2D eigenvalue weighted by atomic mass is 16.3. The van der Waals surface area contributed by atoms with E-state index in [-0.39, 0.29) is 6.04 Å². The van der Waals surface area contributed by atoms with Gasteiger partial charge in [0, 0.05) is 32.7 Å². The molecule has 0 radical (unpaired) electrons. The standard InChI is InChI=1S/C22H37N5O/c1-18-8-9-21(28-18)20(26-13-6-7-14-26)16-24-22(23-2)27-15-10-19(17-27)25-11-4-3-5-12-25/h8-9,19-20H,3-7,10-17H2,1-2H3,(H,23,24). The number of nitrogens with one attached hydrogen (secondary N) is 1. The highest BCUT2D eigenvalue weighted by Gasteiger charge is 2.31. The highest BCUT2D eigenvalue weighted by molar-refractivity contribution is 5.80. The molecule has 3 aliphatic rings. The molecule has 1 N–H and O–H groups in total. The third kappa shape index (κ3) is 4.54. The molecule has 6 heteroatoms. The van der Waals surface area contributed by atoms with Crippen molar-refractivity contribution in [3.8, 4) is 0 Å². The van der Waals surface area contributed by atoms with E-state index in [1.54, 1.807) is 0 Å². The van der Waals surface area contributed by atoms with Crippen molar-refractivity contribution >= 4 is 5.96 Å². The second kappa shape index (κ2) is 9.31. The summed E-state index contributed by atoms with van der Waals surface area (Å²) >= 11 is 0. The molecule has 0 aliphatic carbocycles. The summed E-state index contributed by atoms with van der Waals surface area (Å²) in [5, 5.41) is 3.68. The summed E-state index contributed by atoms with van der Waals surface area (Å²) in [4.78, 5) is 12.3. The first-order valence-electron chi connectivity index (χ1n) is 11.2. The molecular formula is C22H37N5O. The molecule has 1 aromatic rings. The van der Waals surface area contributed by atoms with E-state index in [1.165, 1.54) is 51.6 Å². The number of aryl methyl sites for hydroxylation is 1. The monoisotopic (exact) mass is 387 g/mol. The molecule has 3 saturated heterocycles. The fraction of sp³-hybridized carbons (Fsp3) is 0.773. The molecule has 4 rings (SSSR count). The van der Waals surface area contributed by atoms with Gasteiger partial charge in [0.1, 0.15) is 11.5 Å². The number of furan rings is 1. The van der Waals surface area contributed by atoms with Crippen LogP contribution in [0.15, 0.2) is 21.5 Å². The molecule has 2 atom stereocenters. The molecule has 0 amide bonds. The van der Waals surface area contributed by atoms with Crippen molar-refractivity contribution in [2.45, 2.75) is 57.5 Å². The topological polar surface area (TPSA) is 47.3 Å². The Labute approximate surface area is 170 Å². The van der Waals surface area contributed by atoms with Gasteiger partial charge in [-0.2, -0.15) is 0 Å². The van der Waals surface area contributed by atoms with Crippen LogP contribution in [0, 0.1) is 6.92 Å². The molecule has 1 aromatic heterocycles. The molecule has 0 bridgehead atoms. The Hall–Kier alpha value is -1.53. The van der Waals surface area contributed by atoms with Crippen molar-refractivity contribution in [2.24, 2.45) is 4.99 Å². The van der Waals surface area contributed by atoms with E-state index in [0.29, 0.717) is 6.04 Å². The lowest BCUT2D eigenvalue weighted by Crippen LogP contribution is -2.46. The van der Waals surface area contributed by atoms with Gasteiger partial charge in [0.2, 0.25) is 0 Å². The number of hydrogen-bond acceptors (Lipinski definition) is 4. The lowest BCUT2D eigenvalue weighted by molar-refractivity contribution is 0.168. The lowest BCUT2D eigenvalue weighted by atomic mass is 10.1. The minimum absolute atomic E-state index is 0.286. The fourth-order valence-electron chi connectivity index (χ4n) is 5.13. The number of rotatable bonds is 5. The van der Waals surface area contributed by atoms with E-state index in [0.717, 1.165) is 50.2 Å². The summed E-state index contributed by atoms with van der Waals surface area (Å²) in [5.41, 5.74) is 0. The number of hydrogen-bond donors (Lipinski definition) is 1. The first-order valence-corrected chi connectivity index (χ1v) is 11.2. The minimum Gasteiger partial charge on any atom is -0.465 e. The van der Waals surface area contributed by atoms with Crippen LogP contribution in [0.5, 0.6) is 0 Å². The maximum atomic E-state index is 6.00. The molecule has 6 nitrogen and oxygen atoms in total. The predicted octanol–water partition coefficient (Wildman–Crippen LogP) is 2.86. The van der Waals surface area contributed by atoms with E-state index in [2.05, 4.69) is 37.1 Å². The van der Waals surface area contributed by atoms with Gasteiger partial charge in [0.15, 0.2) is 5.96 Å². The van der Waals surface area contributed by atoms with E-state index in [4.69, 9.17) is 4.42 Å². The maximum Gasteiger partial charge on any atom is 0.193 e. The molecule has 4 heterocycles. The Kier molecular flexibility index (Phi) is 6.58. The summed E-state index contributed by atoms with van der Waals surface area (Å²) in [6, 6.07) is 5.21. The molecule has 156 valence electrons. The van der Waals surface area contributed by atoms with Crippen molar-refractivity contribution in [1.29, 1.82) is 0 Å². The minimum atomic E-state index is 0.286. The SMILES string of the molecule is CN=C(NCC(c1ccc(C)o1)N1CCCC1)N1CCC(N2CCCCC2)C1. The lowest BCUT2D eigenvalue weighted by Gasteiger charge is -2.32. The first-order chi connectivity index (χ1) is 13.7. The van der Waals surface area contributed by atoms with Crippen molar-refractivity contribution in [1.82, 2.24) is 20.0 Å². The normalized spacial score (nSPS) is 26.1. The Morgan fingerprint density at radius 3 is 2.54 bits per heavy atom. The van der Waals surface area contributed by atoms with Crippen LogP contribution in [-0.4, -0.2) is 79.6 Å². The Balaban J connectivity index is 1.36. The molecule has 3 fully saturated rings. The molecule has 0 saturated carbocycles. The van der Waals surface area contributed by atoms with Crippen LogP contribution < -0.4 is 5.32 Å². The van der Waals surface area contributed by atoms with Crippen LogP contribution >= 0.6 is 0 Å². The van der Waals surface area contributed by atoms with Crippen LogP contribution in [0.3, 0.4) is 0 Å². The molecule has 0 aromatic carbocycles. The van der Waals surface area contributed by atoms with Crippen LogP contribution in [0.25, 0.3) is 0 Å². The summed E-state index contributed by atoms with van der Waals surface area (Å²) in [7, 11) is 1.92. The van der Waals surface area contributed by atoms with Crippen molar-refractivity contribution in [3.05, 3.63) is 23.7 Å². The van der Waals surface area contributed by atoms with E-state index in [9.17, 15) is 0 Å². The van der Waals surface area contributed by atoms with Crippen molar-refractivity contribution in [2.75, 3.05) is 52.9 Å². The van der Waals surface area contributed by atoms with Gasteiger partial charge in [-0.3, -0.25) is 14.8 Å². The van der Waals surface area contributed by atoms with E-state index >= 15 is 0 Å². The van der Waals surface area contributed by atoms with Gasteiger partial charge >= 0.3 is 0 Å². The smallest absolute Gasteiger partial charge is 0.193 e. The summed E-state index contributed by atoms with van der Waals surface area (Å²) < 4.78 is 6.00. The zero-order valence-electron chi connectivity index (χ0n) is 17.7. The quantitative estimate of drug-likeness (QED) is 0.622. The zero-order chi connectivity index (χ0) is 19.3. The summed E-state index contributed by atoms with van der Waals surface area (Å²) in [6.07, 6.45) is 7.96. The van der Waals surface area contributed by atoms with E-state index in [1.807, 2.05) is 14.0 Å². The van der Waals surface area contributed by atoms with Crippen LogP contribution in [-0.2, 0) is 0 Å². The first kappa shape index (κ1) is 19.8. The number of nitrogens with zero attached hydrogens (tertiary/aromatic N) is 4. The number of guanidine groups is 1. The van der Waals surface area contributed by atoms with Crippen LogP contribution in [0.2, 0.25) is 0 Å². The van der Waals surface area contributed by atoms with E-state index < -0.39 is 0 Å². The Morgan fingerprint density at radius 1 is 1.11 bits per heavy atom. The van der Waals surface area contributed by atoms with Gasteiger partial charge in [0.25, 0.3) is 0 Å². The average molecular weight is 388 g/mol. The van der Waals surface area contributed by atoms with Gasteiger partial charge < -0.3 is 14.6 Å². The van der Waals surface area contributed by atoms with Gasteiger partial charge in [-0.15, -0.1) is 0 Å². The second-order valence-corrected chi connectivity index (χ2v) is 8.62. The highest BCUT2D eigenvalue weighted by Crippen LogP contribution is 2.26. The zero-order valence-corrected chi connectivity index (χ0v) is 17.7. The summed E-state index contributed by atoms with van der Waals surface area (Å²) in [6.45, 7) is 9.96. The number of likely N-dealkylation sites (tertiary alicyclic amines) is 3. The van der Waals surface area contributed by atoms with Crippen molar-refractivity contribution < 1.29 is 4.42 Å². The number of piperidine rings is 1. The van der Waals surface area contributed by atoms with Gasteiger partial charge in [-0.1, -0.05) is 6.42 Å². The Morgan fingerprint density at radius 2 is 1.86 bits per heavy atom. The molecule has 28 heavy (non-hydrogen) atoms. The van der Waals surface area contributed by atoms with Gasteiger partial charge in [-0.05, 0) is 77.3 Å². The maximum absolute atomic E-state index is 6.00. The molecule has 0 spiro atoms. The molecule has 2 unspecified atom stereocenters. The third-order valence-corrected chi connectivity index (χ3v) is 6.71. The second-order valence-electron chi connectivity index (χ2n) is 8.62. The van der Waals surface area contributed by atoms with Crippen molar-refractivity contribution in [3.63, 3.8) is 0 Å². The largest absolute Gasteiger partial charge is 0.465 e. The Bertz CT molecular complexity index is 645. The van der Waals surface area contributed by atoms with Crippen LogP contribution in [0.4, 0.5) is 0 Å². The van der Waals surface area contributed by atoms with Gasteiger partial charge in [-0.25, -0.2) is 0 Å². The fourth-order valence-corrected chi connectivity index (χ4v) is 5.13. The van der Waals surface area contributed by atoms with Crippen LogP contribution in [0.1, 0.15) is 56.1 Å². The summed E-state index contributed by atoms with van der Waals surface area (Å²) in [5.74, 6) is 3.12.